The highest BCUT2D eigenvalue weighted by Gasteiger charge is 2.12. The summed E-state index contributed by atoms with van der Waals surface area (Å²) in [7, 11) is 0. The van der Waals surface area contributed by atoms with E-state index < -0.39 is 5.97 Å². The molecule has 1 rings (SSSR count). The molecule has 0 aromatic heterocycles. The number of aryl methyl sites for hydroxylation is 1. The molecular formula is C20H32O3. The predicted molar refractivity (Wildman–Crippen MR) is 95.0 cm³/mol. The summed E-state index contributed by atoms with van der Waals surface area (Å²) in [5, 5.41) is 9.68. The molecule has 0 aliphatic heterocycles. The van der Waals surface area contributed by atoms with Crippen molar-refractivity contribution < 1.29 is 14.6 Å². The van der Waals surface area contributed by atoms with E-state index in [4.69, 9.17) is 4.74 Å². The molecule has 23 heavy (non-hydrogen) atoms. The highest BCUT2D eigenvalue weighted by molar-refractivity contribution is 5.92. The normalized spacial score (nSPS) is 10.7. The number of esters is 1. The van der Waals surface area contributed by atoms with Crippen LogP contribution in [-0.2, 0) is 4.74 Å². The zero-order chi connectivity index (χ0) is 16.9. The minimum absolute atomic E-state index is 0.0105. The van der Waals surface area contributed by atoms with Gasteiger partial charge in [0.15, 0.2) is 0 Å². The first-order chi connectivity index (χ1) is 11.1. The van der Waals surface area contributed by atoms with Gasteiger partial charge in [-0.1, -0.05) is 76.3 Å². The highest BCUT2D eigenvalue weighted by atomic mass is 16.5. The number of aromatic hydroxyl groups is 1. The van der Waals surface area contributed by atoms with Crippen LogP contribution in [0.3, 0.4) is 0 Å². The fourth-order valence-electron chi connectivity index (χ4n) is 2.65. The van der Waals surface area contributed by atoms with Crippen molar-refractivity contribution in [3.63, 3.8) is 0 Å². The number of hydrogen-bond acceptors (Lipinski definition) is 3. The lowest BCUT2D eigenvalue weighted by Crippen LogP contribution is -2.07. The predicted octanol–water partition coefficient (Wildman–Crippen LogP) is 5.78. The third-order valence-electron chi connectivity index (χ3n) is 4.10. The zero-order valence-electron chi connectivity index (χ0n) is 14.8. The SMILES string of the molecule is CCCCCCCCCCCCOC(=O)c1cc(C)ccc1O. The Kier molecular flexibility index (Phi) is 10.2. The number of carbonyl (C=O) groups excluding carboxylic acids is 1. The Morgan fingerprint density at radius 3 is 2.13 bits per heavy atom. The number of hydrogen-bond donors (Lipinski definition) is 1. The number of ether oxygens (including phenoxy) is 1. The van der Waals surface area contributed by atoms with Crippen molar-refractivity contribution in [1.82, 2.24) is 0 Å². The molecule has 0 radical (unpaired) electrons. The Labute approximate surface area is 141 Å². The van der Waals surface area contributed by atoms with E-state index in [0.717, 1.165) is 18.4 Å². The van der Waals surface area contributed by atoms with Gasteiger partial charge < -0.3 is 9.84 Å². The van der Waals surface area contributed by atoms with Crippen molar-refractivity contribution in [2.75, 3.05) is 6.61 Å². The molecule has 3 nitrogen and oxygen atoms in total. The molecule has 0 saturated carbocycles. The lowest BCUT2D eigenvalue weighted by Gasteiger charge is -2.07. The van der Waals surface area contributed by atoms with Gasteiger partial charge in [0.2, 0.25) is 0 Å². The van der Waals surface area contributed by atoms with Crippen LogP contribution in [0.25, 0.3) is 0 Å². The number of benzene rings is 1. The van der Waals surface area contributed by atoms with Crippen LogP contribution in [0.4, 0.5) is 0 Å². The van der Waals surface area contributed by atoms with Gasteiger partial charge in [-0.15, -0.1) is 0 Å². The molecule has 0 atom stereocenters. The fraction of sp³-hybridized carbons (Fsp3) is 0.650. The lowest BCUT2D eigenvalue weighted by molar-refractivity contribution is 0.0494. The fourth-order valence-corrected chi connectivity index (χ4v) is 2.65. The first kappa shape index (κ1) is 19.5. The summed E-state index contributed by atoms with van der Waals surface area (Å²) in [6.45, 7) is 4.56. The molecule has 1 aromatic rings. The van der Waals surface area contributed by atoms with Gasteiger partial charge >= 0.3 is 5.97 Å². The third-order valence-corrected chi connectivity index (χ3v) is 4.10. The van der Waals surface area contributed by atoms with Crippen molar-refractivity contribution in [2.45, 2.75) is 78.1 Å². The number of unbranched alkanes of at least 4 members (excludes halogenated alkanes) is 9. The molecule has 0 spiro atoms. The summed E-state index contributed by atoms with van der Waals surface area (Å²) in [6, 6.07) is 4.97. The highest BCUT2D eigenvalue weighted by Crippen LogP contribution is 2.19. The first-order valence-electron chi connectivity index (χ1n) is 9.12. The largest absolute Gasteiger partial charge is 0.507 e. The molecule has 1 N–H and O–H groups in total. The van der Waals surface area contributed by atoms with Crippen molar-refractivity contribution >= 4 is 5.97 Å². The van der Waals surface area contributed by atoms with Crippen LogP contribution in [0, 0.1) is 6.92 Å². The van der Waals surface area contributed by atoms with Gasteiger partial charge in [-0.25, -0.2) is 4.79 Å². The van der Waals surface area contributed by atoms with Gasteiger partial charge in [0.1, 0.15) is 11.3 Å². The smallest absolute Gasteiger partial charge is 0.341 e. The minimum Gasteiger partial charge on any atom is -0.507 e. The maximum Gasteiger partial charge on any atom is 0.341 e. The van der Waals surface area contributed by atoms with Crippen molar-refractivity contribution in [3.8, 4) is 5.75 Å². The maximum atomic E-state index is 11.9. The summed E-state index contributed by atoms with van der Waals surface area (Å²) < 4.78 is 5.24. The number of phenols is 1. The van der Waals surface area contributed by atoms with Gasteiger partial charge in [0.05, 0.1) is 6.61 Å². The van der Waals surface area contributed by atoms with Gasteiger partial charge in [-0.3, -0.25) is 0 Å². The summed E-state index contributed by atoms with van der Waals surface area (Å²) in [5.41, 5.74) is 1.20. The van der Waals surface area contributed by atoms with Gasteiger partial charge in [-0.2, -0.15) is 0 Å². The molecule has 0 saturated heterocycles. The lowest BCUT2D eigenvalue weighted by atomic mass is 10.1. The molecular weight excluding hydrogens is 288 g/mol. The van der Waals surface area contributed by atoms with Crippen molar-refractivity contribution in [3.05, 3.63) is 29.3 Å². The van der Waals surface area contributed by atoms with E-state index in [9.17, 15) is 9.90 Å². The van der Waals surface area contributed by atoms with Crippen LogP contribution >= 0.6 is 0 Å². The Hall–Kier alpha value is -1.51. The van der Waals surface area contributed by atoms with E-state index in [1.165, 1.54) is 57.4 Å². The molecule has 0 aliphatic rings. The van der Waals surface area contributed by atoms with Gasteiger partial charge in [0.25, 0.3) is 0 Å². The third kappa shape index (κ3) is 8.63. The summed E-state index contributed by atoms with van der Waals surface area (Å²) in [6.07, 6.45) is 12.6. The average Bonchev–Trinajstić information content (AvgIpc) is 2.54. The second-order valence-electron chi connectivity index (χ2n) is 6.34. The Morgan fingerprint density at radius 1 is 0.957 bits per heavy atom. The van der Waals surface area contributed by atoms with Crippen LogP contribution in [-0.4, -0.2) is 17.7 Å². The van der Waals surface area contributed by atoms with Crippen molar-refractivity contribution in [1.29, 1.82) is 0 Å². The molecule has 3 heteroatoms. The second kappa shape index (κ2) is 12.0. The number of rotatable bonds is 12. The first-order valence-corrected chi connectivity index (χ1v) is 9.12. The van der Waals surface area contributed by atoms with Crippen LogP contribution in [0.1, 0.15) is 87.1 Å². The van der Waals surface area contributed by atoms with Crippen LogP contribution in [0.2, 0.25) is 0 Å². The zero-order valence-corrected chi connectivity index (χ0v) is 14.8. The molecule has 0 unspecified atom stereocenters. The van der Waals surface area contributed by atoms with Gasteiger partial charge in [0, 0.05) is 0 Å². The standard InChI is InChI=1S/C20H32O3/c1-3-4-5-6-7-8-9-10-11-12-15-23-20(22)18-16-17(2)13-14-19(18)21/h13-14,16,21H,3-12,15H2,1-2H3. The molecule has 1 aromatic carbocycles. The summed E-state index contributed by atoms with van der Waals surface area (Å²) >= 11 is 0. The van der Waals surface area contributed by atoms with Crippen LogP contribution in [0.15, 0.2) is 18.2 Å². The molecule has 0 amide bonds. The monoisotopic (exact) mass is 320 g/mol. The van der Waals surface area contributed by atoms with Crippen molar-refractivity contribution in [2.24, 2.45) is 0 Å². The maximum absolute atomic E-state index is 11.9. The van der Waals surface area contributed by atoms with Gasteiger partial charge in [-0.05, 0) is 25.5 Å². The average molecular weight is 320 g/mol. The summed E-state index contributed by atoms with van der Waals surface area (Å²) in [5.74, 6) is -0.439. The summed E-state index contributed by atoms with van der Waals surface area (Å²) in [4.78, 5) is 11.9. The van der Waals surface area contributed by atoms with E-state index in [2.05, 4.69) is 6.92 Å². The number of phenolic OH excluding ortho intramolecular Hbond substituents is 1. The second-order valence-corrected chi connectivity index (χ2v) is 6.34. The Balaban J connectivity index is 2.02. The van der Waals surface area contributed by atoms with E-state index in [1.54, 1.807) is 12.1 Å². The quantitative estimate of drug-likeness (QED) is 0.392. The van der Waals surface area contributed by atoms with E-state index in [1.807, 2.05) is 6.92 Å². The molecule has 0 aliphatic carbocycles. The molecule has 130 valence electrons. The minimum atomic E-state index is -0.429. The van der Waals surface area contributed by atoms with E-state index in [0.29, 0.717) is 6.61 Å². The van der Waals surface area contributed by atoms with E-state index >= 15 is 0 Å². The van der Waals surface area contributed by atoms with E-state index in [-0.39, 0.29) is 11.3 Å². The number of carbonyl (C=O) groups is 1. The Bertz CT molecular complexity index is 454. The molecule has 0 bridgehead atoms. The molecule has 0 fully saturated rings. The van der Waals surface area contributed by atoms with Crippen LogP contribution in [0.5, 0.6) is 5.75 Å². The Morgan fingerprint density at radius 2 is 1.52 bits per heavy atom. The van der Waals surface area contributed by atoms with Crippen LogP contribution < -0.4 is 0 Å². The topological polar surface area (TPSA) is 46.5 Å². The molecule has 0 heterocycles.